The Kier molecular flexibility index (Phi) is 4.87. The average molecular weight is 406 g/mol. The molecule has 0 aliphatic carbocycles. The van der Waals surface area contributed by atoms with Gasteiger partial charge in [0.2, 0.25) is 0 Å². The van der Waals surface area contributed by atoms with Gasteiger partial charge in [-0.3, -0.25) is 0 Å². The minimum atomic E-state index is 0.538. The molecule has 0 saturated carbocycles. The van der Waals surface area contributed by atoms with E-state index in [9.17, 15) is 0 Å². The maximum absolute atomic E-state index is 6.65. The van der Waals surface area contributed by atoms with E-state index >= 15 is 0 Å². The van der Waals surface area contributed by atoms with Crippen molar-refractivity contribution >= 4 is 28.3 Å². The van der Waals surface area contributed by atoms with E-state index < -0.39 is 0 Å². The monoisotopic (exact) mass is 405 g/mol. The predicted octanol–water partition coefficient (Wildman–Crippen LogP) is 3.90. The summed E-state index contributed by atoms with van der Waals surface area (Å²) in [5.41, 5.74) is 3.10. The van der Waals surface area contributed by atoms with Crippen molar-refractivity contribution in [2.24, 2.45) is 0 Å². The van der Waals surface area contributed by atoms with Crippen LogP contribution in [0.5, 0.6) is 0 Å². The van der Waals surface area contributed by atoms with Gasteiger partial charge < -0.3 is 9.64 Å². The third kappa shape index (κ3) is 3.69. The number of benzene rings is 2. The maximum atomic E-state index is 6.65. The number of morpholine rings is 1. The van der Waals surface area contributed by atoms with Crippen LogP contribution in [0.3, 0.4) is 0 Å². The molecule has 0 bridgehead atoms. The van der Waals surface area contributed by atoms with Gasteiger partial charge >= 0.3 is 0 Å². The van der Waals surface area contributed by atoms with Gasteiger partial charge in [0.1, 0.15) is 5.82 Å². The molecule has 4 aromatic rings. The fourth-order valence-corrected chi connectivity index (χ4v) is 3.85. The van der Waals surface area contributed by atoms with Crippen LogP contribution in [0.1, 0.15) is 11.1 Å². The van der Waals surface area contributed by atoms with Gasteiger partial charge in [-0.1, -0.05) is 41.9 Å². The first-order valence-electron chi connectivity index (χ1n) is 9.65. The van der Waals surface area contributed by atoms with Crippen molar-refractivity contribution in [3.63, 3.8) is 0 Å². The van der Waals surface area contributed by atoms with Crippen molar-refractivity contribution in [3.05, 3.63) is 77.1 Å². The highest BCUT2D eigenvalue weighted by Gasteiger charge is 2.19. The molecule has 1 aliphatic heterocycles. The molecule has 146 valence electrons. The Balaban J connectivity index is 1.65. The summed E-state index contributed by atoms with van der Waals surface area (Å²) in [5, 5.41) is 6.00. The van der Waals surface area contributed by atoms with Crippen molar-refractivity contribution in [2.75, 3.05) is 31.2 Å². The highest BCUT2D eigenvalue weighted by Crippen LogP contribution is 2.31. The second-order valence-electron chi connectivity index (χ2n) is 7.02. The summed E-state index contributed by atoms with van der Waals surface area (Å²) in [6.07, 6.45) is 4.33. The van der Waals surface area contributed by atoms with E-state index in [0.29, 0.717) is 24.2 Å². The molecule has 7 heteroatoms. The standard InChI is InChI=1S/C22H20ClN5O/c23-19-15-20-18(14-17(19)13-16-5-2-1-3-6-16)21(27-9-11-29-12-10-27)26-22(25-20)28-8-4-7-24-28/h1-8,14-15H,9-13H2. The van der Waals surface area contributed by atoms with Gasteiger partial charge in [0.15, 0.2) is 0 Å². The van der Waals surface area contributed by atoms with Crippen LogP contribution >= 0.6 is 11.6 Å². The Bertz CT molecular complexity index is 1130. The van der Waals surface area contributed by atoms with Crippen molar-refractivity contribution in [1.29, 1.82) is 0 Å². The number of fused-ring (bicyclic) bond motifs is 1. The number of nitrogens with zero attached hydrogens (tertiary/aromatic N) is 5. The number of ether oxygens (including phenoxy) is 1. The van der Waals surface area contributed by atoms with Crippen LogP contribution in [0.15, 0.2) is 60.9 Å². The lowest BCUT2D eigenvalue weighted by Crippen LogP contribution is -2.37. The summed E-state index contributed by atoms with van der Waals surface area (Å²) in [7, 11) is 0. The van der Waals surface area contributed by atoms with Crippen molar-refractivity contribution < 1.29 is 4.74 Å². The molecule has 5 rings (SSSR count). The van der Waals surface area contributed by atoms with Crippen molar-refractivity contribution in [2.45, 2.75) is 6.42 Å². The largest absolute Gasteiger partial charge is 0.378 e. The molecule has 2 aromatic carbocycles. The number of aromatic nitrogens is 4. The number of anilines is 1. The molecule has 1 fully saturated rings. The van der Waals surface area contributed by atoms with Crippen LogP contribution in [0.25, 0.3) is 16.9 Å². The maximum Gasteiger partial charge on any atom is 0.253 e. The topological polar surface area (TPSA) is 56.1 Å². The van der Waals surface area contributed by atoms with Crippen molar-refractivity contribution in [3.8, 4) is 5.95 Å². The first-order valence-corrected chi connectivity index (χ1v) is 10.0. The van der Waals surface area contributed by atoms with E-state index in [0.717, 1.165) is 41.8 Å². The molecule has 0 radical (unpaired) electrons. The number of hydrogen-bond donors (Lipinski definition) is 0. The Labute approximate surface area is 173 Å². The molecule has 1 saturated heterocycles. The van der Waals surface area contributed by atoms with Gasteiger partial charge in [-0.05, 0) is 35.7 Å². The van der Waals surface area contributed by atoms with Gasteiger partial charge in [-0.2, -0.15) is 10.1 Å². The van der Waals surface area contributed by atoms with Crippen LogP contribution in [-0.4, -0.2) is 46.1 Å². The van der Waals surface area contributed by atoms with Crippen LogP contribution < -0.4 is 4.90 Å². The highest BCUT2D eigenvalue weighted by molar-refractivity contribution is 6.32. The first kappa shape index (κ1) is 18.1. The minimum Gasteiger partial charge on any atom is -0.378 e. The van der Waals surface area contributed by atoms with Crippen LogP contribution in [0, 0.1) is 0 Å². The molecule has 0 N–H and O–H groups in total. The van der Waals surface area contributed by atoms with Gasteiger partial charge in [0.25, 0.3) is 5.95 Å². The number of halogens is 1. The van der Waals surface area contributed by atoms with Gasteiger partial charge in [-0.25, -0.2) is 9.67 Å². The van der Waals surface area contributed by atoms with Crippen molar-refractivity contribution in [1.82, 2.24) is 19.7 Å². The van der Waals surface area contributed by atoms with Gasteiger partial charge in [-0.15, -0.1) is 0 Å². The van der Waals surface area contributed by atoms with Crippen LogP contribution in [-0.2, 0) is 11.2 Å². The molecule has 0 atom stereocenters. The zero-order chi connectivity index (χ0) is 19.6. The fraction of sp³-hybridized carbons (Fsp3) is 0.227. The Morgan fingerprint density at radius 1 is 1.00 bits per heavy atom. The minimum absolute atomic E-state index is 0.538. The lowest BCUT2D eigenvalue weighted by atomic mass is 10.0. The molecule has 1 aliphatic rings. The van der Waals surface area contributed by atoms with E-state index in [4.69, 9.17) is 26.3 Å². The summed E-state index contributed by atoms with van der Waals surface area (Å²) in [5.74, 6) is 1.44. The second kappa shape index (κ2) is 7.81. The fourth-order valence-electron chi connectivity index (χ4n) is 3.62. The third-order valence-corrected chi connectivity index (χ3v) is 5.44. The molecular weight excluding hydrogens is 386 g/mol. The van der Waals surface area contributed by atoms with E-state index in [1.807, 2.05) is 36.5 Å². The van der Waals surface area contributed by atoms with Crippen LogP contribution in [0.2, 0.25) is 5.02 Å². The van der Waals surface area contributed by atoms with E-state index in [-0.39, 0.29) is 0 Å². The Hall–Kier alpha value is -2.96. The normalized spacial score (nSPS) is 14.4. The lowest BCUT2D eigenvalue weighted by Gasteiger charge is -2.29. The number of rotatable bonds is 4. The lowest BCUT2D eigenvalue weighted by molar-refractivity contribution is 0.122. The van der Waals surface area contributed by atoms with Gasteiger partial charge in [0.05, 0.1) is 18.7 Å². The molecular formula is C22H20ClN5O. The Morgan fingerprint density at radius 3 is 2.59 bits per heavy atom. The van der Waals surface area contributed by atoms with Gasteiger partial charge in [0, 0.05) is 35.9 Å². The SMILES string of the molecule is Clc1cc2nc(-n3cccn3)nc(N3CCOCC3)c2cc1Cc1ccccc1. The molecule has 0 spiro atoms. The highest BCUT2D eigenvalue weighted by atomic mass is 35.5. The summed E-state index contributed by atoms with van der Waals surface area (Å²) in [6, 6.07) is 16.3. The predicted molar refractivity (Wildman–Crippen MR) is 114 cm³/mol. The zero-order valence-electron chi connectivity index (χ0n) is 15.8. The van der Waals surface area contributed by atoms with E-state index in [1.54, 1.807) is 10.9 Å². The molecule has 6 nitrogen and oxygen atoms in total. The third-order valence-electron chi connectivity index (χ3n) is 5.09. The summed E-state index contributed by atoms with van der Waals surface area (Å²) >= 11 is 6.65. The summed E-state index contributed by atoms with van der Waals surface area (Å²) < 4.78 is 7.21. The summed E-state index contributed by atoms with van der Waals surface area (Å²) in [6.45, 7) is 2.96. The molecule has 0 amide bonds. The molecule has 0 unspecified atom stereocenters. The molecule has 3 heterocycles. The first-order chi connectivity index (χ1) is 14.3. The molecule has 2 aromatic heterocycles. The zero-order valence-corrected chi connectivity index (χ0v) is 16.6. The average Bonchev–Trinajstić information content (AvgIpc) is 3.30. The van der Waals surface area contributed by atoms with Crippen LogP contribution in [0.4, 0.5) is 5.82 Å². The van der Waals surface area contributed by atoms with E-state index in [2.05, 4.69) is 28.2 Å². The second-order valence-corrected chi connectivity index (χ2v) is 7.43. The molecule has 29 heavy (non-hydrogen) atoms. The number of hydrogen-bond acceptors (Lipinski definition) is 5. The smallest absolute Gasteiger partial charge is 0.253 e. The Morgan fingerprint density at radius 2 is 1.83 bits per heavy atom. The quantitative estimate of drug-likeness (QED) is 0.515. The summed E-state index contributed by atoms with van der Waals surface area (Å²) in [4.78, 5) is 11.8. The van der Waals surface area contributed by atoms with E-state index in [1.165, 1.54) is 5.56 Å².